The van der Waals surface area contributed by atoms with Crippen LogP contribution in [0.2, 0.25) is 5.02 Å². The Morgan fingerprint density at radius 1 is 1.38 bits per heavy atom. The van der Waals surface area contributed by atoms with E-state index in [1.807, 2.05) is 13.8 Å². The molecule has 1 fully saturated rings. The van der Waals surface area contributed by atoms with Gasteiger partial charge in [0, 0.05) is 16.1 Å². The third-order valence-electron chi connectivity index (χ3n) is 4.57. The van der Waals surface area contributed by atoms with Gasteiger partial charge in [0.1, 0.15) is 17.3 Å². The van der Waals surface area contributed by atoms with Crippen molar-refractivity contribution in [1.29, 1.82) is 0 Å². The number of carbonyl (C=O) groups excluding carboxylic acids is 1. The molecule has 0 aliphatic carbocycles. The Morgan fingerprint density at radius 3 is 2.50 bits per heavy atom. The first kappa shape index (κ1) is 20.5. The van der Waals surface area contributed by atoms with Crippen molar-refractivity contribution in [2.24, 2.45) is 0 Å². The topological polar surface area (TPSA) is 66.8 Å². The maximum Gasteiger partial charge on any atom is 0.411 e. The fourth-order valence-corrected chi connectivity index (χ4v) is 3.63. The fraction of sp³-hybridized carbons (Fsp3) is 0.579. The molecular formula is C19H25ClFNO4. The molecule has 7 heteroatoms. The van der Waals surface area contributed by atoms with Crippen LogP contribution in [0.3, 0.4) is 0 Å². The van der Waals surface area contributed by atoms with Gasteiger partial charge in [-0.15, -0.1) is 0 Å². The normalized spacial score (nSPS) is 20.7. The molecule has 1 unspecified atom stereocenters. The molecule has 26 heavy (non-hydrogen) atoms. The van der Waals surface area contributed by atoms with Gasteiger partial charge in [0.25, 0.3) is 0 Å². The van der Waals surface area contributed by atoms with Crippen molar-refractivity contribution in [3.05, 3.63) is 34.6 Å². The summed E-state index contributed by atoms with van der Waals surface area (Å²) in [6.07, 6.45) is 0.437. The van der Waals surface area contributed by atoms with Crippen LogP contribution in [0.25, 0.3) is 0 Å². The fourth-order valence-electron chi connectivity index (χ4n) is 3.47. The van der Waals surface area contributed by atoms with Gasteiger partial charge in [-0.1, -0.05) is 17.7 Å². The van der Waals surface area contributed by atoms with E-state index in [4.69, 9.17) is 16.3 Å². The van der Waals surface area contributed by atoms with Gasteiger partial charge in [-0.2, -0.15) is 0 Å². The molecule has 2 rings (SSSR count). The highest BCUT2D eigenvalue weighted by molar-refractivity contribution is 6.30. The van der Waals surface area contributed by atoms with Gasteiger partial charge in [0.15, 0.2) is 0 Å². The summed E-state index contributed by atoms with van der Waals surface area (Å²) >= 11 is 5.79. The minimum Gasteiger partial charge on any atom is -0.481 e. The van der Waals surface area contributed by atoms with Crippen LogP contribution in [-0.4, -0.2) is 39.3 Å². The van der Waals surface area contributed by atoms with Crippen molar-refractivity contribution in [2.75, 3.05) is 0 Å². The summed E-state index contributed by atoms with van der Waals surface area (Å²) in [5, 5.41) is 9.99. The van der Waals surface area contributed by atoms with Crippen molar-refractivity contribution in [3.8, 4) is 0 Å². The van der Waals surface area contributed by atoms with Crippen LogP contribution in [0.1, 0.15) is 58.9 Å². The number of ether oxygens (including phenoxy) is 1. The molecule has 0 spiro atoms. The smallest absolute Gasteiger partial charge is 0.411 e. The standard InChI is InChI=1S/C19H25ClFNO4/c1-18(2,3)26-17(25)22-14(8-9-19(22,4)5)15(16(23)24)12-7-6-11(20)10-13(12)21/h6-7,10,14-15H,8-9H2,1-5H3,(H,23,24)/t14?,15-/m0/s1. The Balaban J connectivity index is 2.46. The summed E-state index contributed by atoms with van der Waals surface area (Å²) in [5.41, 5.74) is -1.30. The van der Waals surface area contributed by atoms with E-state index in [9.17, 15) is 19.1 Å². The average molecular weight is 386 g/mol. The largest absolute Gasteiger partial charge is 0.481 e. The number of aliphatic carboxylic acids is 1. The summed E-state index contributed by atoms with van der Waals surface area (Å²) < 4.78 is 19.9. The van der Waals surface area contributed by atoms with Gasteiger partial charge in [0.05, 0.1) is 6.04 Å². The van der Waals surface area contributed by atoms with Crippen molar-refractivity contribution < 1.29 is 23.8 Å². The number of hydrogen-bond acceptors (Lipinski definition) is 3. The lowest BCUT2D eigenvalue weighted by atomic mass is 9.89. The molecule has 1 aromatic rings. The lowest BCUT2D eigenvalue weighted by Gasteiger charge is -2.39. The molecule has 0 aromatic heterocycles. The number of rotatable bonds is 3. The molecule has 1 amide bonds. The number of likely N-dealkylation sites (tertiary alicyclic amines) is 1. The molecule has 0 bridgehead atoms. The molecule has 1 saturated heterocycles. The second-order valence-corrected chi connectivity index (χ2v) is 8.69. The number of nitrogens with zero attached hydrogens (tertiary/aromatic N) is 1. The Labute approximate surface area is 158 Å². The van der Waals surface area contributed by atoms with Crippen molar-refractivity contribution in [2.45, 2.75) is 70.6 Å². The van der Waals surface area contributed by atoms with Crippen LogP contribution in [0.4, 0.5) is 9.18 Å². The SMILES string of the molecule is CC(C)(C)OC(=O)N1C([C@@H](C(=O)O)c2ccc(Cl)cc2F)CCC1(C)C. The molecule has 5 nitrogen and oxygen atoms in total. The third kappa shape index (κ3) is 4.29. The van der Waals surface area contributed by atoms with Crippen molar-refractivity contribution >= 4 is 23.7 Å². The van der Waals surface area contributed by atoms with Crippen LogP contribution < -0.4 is 0 Å². The van der Waals surface area contributed by atoms with Gasteiger partial charge in [0.2, 0.25) is 0 Å². The van der Waals surface area contributed by atoms with E-state index < -0.39 is 41.0 Å². The first-order valence-corrected chi connectivity index (χ1v) is 8.91. The Bertz CT molecular complexity index is 714. The Hall–Kier alpha value is -1.82. The predicted molar refractivity (Wildman–Crippen MR) is 97.0 cm³/mol. The number of carbonyl (C=O) groups is 2. The molecule has 0 radical (unpaired) electrons. The molecule has 1 heterocycles. The quantitative estimate of drug-likeness (QED) is 0.809. The monoisotopic (exact) mass is 385 g/mol. The van der Waals surface area contributed by atoms with E-state index in [1.54, 1.807) is 20.8 Å². The van der Waals surface area contributed by atoms with E-state index in [1.165, 1.54) is 17.0 Å². The highest BCUT2D eigenvalue weighted by Crippen LogP contribution is 2.42. The summed E-state index contributed by atoms with van der Waals surface area (Å²) in [5.74, 6) is -3.09. The predicted octanol–water partition coefficient (Wildman–Crippen LogP) is 4.83. The lowest BCUT2D eigenvalue weighted by molar-refractivity contribution is -0.140. The lowest BCUT2D eigenvalue weighted by Crippen LogP contribution is -2.51. The number of carboxylic acids is 1. The molecule has 0 saturated carbocycles. The zero-order valence-corrected chi connectivity index (χ0v) is 16.4. The molecule has 1 aliphatic rings. The van der Waals surface area contributed by atoms with Crippen LogP contribution >= 0.6 is 11.6 Å². The number of benzene rings is 1. The second-order valence-electron chi connectivity index (χ2n) is 8.25. The number of carboxylic acid groups (broad SMARTS) is 1. The first-order chi connectivity index (χ1) is 11.8. The van der Waals surface area contributed by atoms with E-state index in [-0.39, 0.29) is 10.6 Å². The maximum atomic E-state index is 14.4. The minimum absolute atomic E-state index is 0.0122. The van der Waals surface area contributed by atoms with E-state index in [0.29, 0.717) is 12.8 Å². The van der Waals surface area contributed by atoms with E-state index in [0.717, 1.165) is 6.07 Å². The van der Waals surface area contributed by atoms with Crippen LogP contribution in [0.5, 0.6) is 0 Å². The molecule has 1 aromatic carbocycles. The van der Waals surface area contributed by atoms with Crippen LogP contribution in [0, 0.1) is 5.82 Å². The summed E-state index contributed by atoms with van der Waals surface area (Å²) in [6, 6.07) is 3.20. The number of halogens is 2. The molecule has 1 aliphatic heterocycles. The van der Waals surface area contributed by atoms with Gasteiger partial charge < -0.3 is 9.84 Å². The maximum absolute atomic E-state index is 14.4. The Morgan fingerprint density at radius 2 is 2.00 bits per heavy atom. The van der Waals surface area contributed by atoms with Gasteiger partial charge in [-0.25, -0.2) is 9.18 Å². The van der Waals surface area contributed by atoms with Gasteiger partial charge in [-0.3, -0.25) is 9.69 Å². The van der Waals surface area contributed by atoms with Crippen LogP contribution in [0.15, 0.2) is 18.2 Å². The molecule has 144 valence electrons. The summed E-state index contributed by atoms with van der Waals surface area (Å²) in [7, 11) is 0. The van der Waals surface area contributed by atoms with E-state index in [2.05, 4.69) is 0 Å². The zero-order chi connectivity index (χ0) is 19.9. The molecule has 2 atom stereocenters. The van der Waals surface area contributed by atoms with Crippen molar-refractivity contribution in [1.82, 2.24) is 4.90 Å². The third-order valence-corrected chi connectivity index (χ3v) is 4.81. The number of hydrogen-bond donors (Lipinski definition) is 1. The zero-order valence-electron chi connectivity index (χ0n) is 15.7. The van der Waals surface area contributed by atoms with Crippen molar-refractivity contribution in [3.63, 3.8) is 0 Å². The average Bonchev–Trinajstić information content (AvgIpc) is 2.75. The summed E-state index contributed by atoms with van der Waals surface area (Å²) in [6.45, 7) is 8.95. The molecular weight excluding hydrogens is 361 g/mol. The van der Waals surface area contributed by atoms with E-state index >= 15 is 0 Å². The minimum atomic E-state index is -1.21. The number of amides is 1. The second kappa shape index (κ2) is 7.06. The molecule has 1 N–H and O–H groups in total. The highest BCUT2D eigenvalue weighted by Gasteiger charge is 2.50. The Kier molecular flexibility index (Phi) is 5.57. The van der Waals surface area contributed by atoms with Crippen LogP contribution in [-0.2, 0) is 9.53 Å². The summed E-state index contributed by atoms with van der Waals surface area (Å²) in [4.78, 5) is 26.2. The van der Waals surface area contributed by atoms with Gasteiger partial charge >= 0.3 is 12.1 Å². The van der Waals surface area contributed by atoms with Gasteiger partial charge in [-0.05, 0) is 59.6 Å². The highest BCUT2D eigenvalue weighted by atomic mass is 35.5. The first-order valence-electron chi connectivity index (χ1n) is 8.53.